The van der Waals surface area contributed by atoms with E-state index in [1.807, 2.05) is 18.5 Å². The van der Waals surface area contributed by atoms with Gasteiger partial charge in [0, 0.05) is 26.7 Å². The fraction of sp³-hybridized carbons (Fsp3) is 0.609. The second-order valence-electron chi connectivity index (χ2n) is 8.45. The predicted molar refractivity (Wildman–Crippen MR) is 137 cm³/mol. The third kappa shape index (κ3) is 6.64. The van der Waals surface area contributed by atoms with Crippen LogP contribution in [0.3, 0.4) is 0 Å². The van der Waals surface area contributed by atoms with Crippen LogP contribution in [0.15, 0.2) is 35.3 Å². The van der Waals surface area contributed by atoms with Gasteiger partial charge in [-0.1, -0.05) is 30.3 Å². The number of guanidine groups is 1. The lowest BCUT2D eigenvalue weighted by Gasteiger charge is -2.29. The third-order valence-electron chi connectivity index (χ3n) is 6.31. The number of hydrogen-bond donors (Lipinski definition) is 2. The van der Waals surface area contributed by atoms with E-state index in [1.54, 1.807) is 0 Å². The summed E-state index contributed by atoms with van der Waals surface area (Å²) >= 11 is 0. The molecule has 1 aromatic heterocycles. The molecule has 0 spiro atoms. The van der Waals surface area contributed by atoms with Crippen molar-refractivity contribution in [1.82, 2.24) is 30.3 Å². The van der Waals surface area contributed by atoms with Crippen LogP contribution in [0.2, 0.25) is 0 Å². The first-order valence-electron chi connectivity index (χ1n) is 11.5. The van der Waals surface area contributed by atoms with Crippen molar-refractivity contribution in [3.63, 3.8) is 0 Å². The van der Waals surface area contributed by atoms with Crippen LogP contribution in [0.4, 0.5) is 0 Å². The molecule has 0 aliphatic carbocycles. The topological polar surface area (TPSA) is 79.6 Å². The Morgan fingerprint density at radius 2 is 1.94 bits per heavy atom. The number of aryl methyl sites for hydroxylation is 1. The summed E-state index contributed by atoms with van der Waals surface area (Å²) in [5.74, 6) is 2.55. The second-order valence-corrected chi connectivity index (χ2v) is 8.45. The van der Waals surface area contributed by atoms with Gasteiger partial charge in [0.2, 0.25) is 0 Å². The maximum atomic E-state index is 5.78. The average molecular weight is 553 g/mol. The second kappa shape index (κ2) is 12.5. The molecule has 9 heteroatoms. The van der Waals surface area contributed by atoms with Crippen LogP contribution < -0.4 is 10.6 Å². The highest BCUT2D eigenvalue weighted by molar-refractivity contribution is 14.0. The monoisotopic (exact) mass is 553 g/mol. The Morgan fingerprint density at radius 3 is 2.59 bits per heavy atom. The molecule has 2 fully saturated rings. The van der Waals surface area contributed by atoms with E-state index in [-0.39, 0.29) is 30.1 Å². The van der Waals surface area contributed by atoms with Gasteiger partial charge < -0.3 is 19.9 Å². The van der Waals surface area contributed by atoms with Gasteiger partial charge in [-0.15, -0.1) is 34.2 Å². The summed E-state index contributed by atoms with van der Waals surface area (Å²) in [6.07, 6.45) is 5.03. The third-order valence-corrected chi connectivity index (χ3v) is 6.31. The zero-order chi connectivity index (χ0) is 21.5. The molecule has 2 N–H and O–H groups in total. The summed E-state index contributed by atoms with van der Waals surface area (Å²) in [5, 5.41) is 15.5. The number of ether oxygens (including phenoxy) is 1. The first-order valence-corrected chi connectivity index (χ1v) is 11.5. The van der Waals surface area contributed by atoms with E-state index in [2.05, 4.69) is 56.1 Å². The SMILES string of the molecule is Cc1nnc(CN=C(NCC2CCCO2)NCC(c2ccccc2)N2CCCC2)n1C.I. The first kappa shape index (κ1) is 24.9. The van der Waals surface area contributed by atoms with Gasteiger partial charge in [-0.25, -0.2) is 4.99 Å². The number of benzene rings is 1. The fourth-order valence-corrected chi connectivity index (χ4v) is 4.31. The Bertz CT molecular complexity index is 845. The molecule has 32 heavy (non-hydrogen) atoms. The molecule has 1 aromatic carbocycles. The molecule has 0 radical (unpaired) electrons. The summed E-state index contributed by atoms with van der Waals surface area (Å²) in [6.45, 7) is 7.16. The van der Waals surface area contributed by atoms with Crippen molar-refractivity contribution in [3.8, 4) is 0 Å². The Labute approximate surface area is 208 Å². The highest BCUT2D eigenvalue weighted by atomic mass is 127. The average Bonchev–Trinajstić information content (AvgIpc) is 3.56. The maximum Gasteiger partial charge on any atom is 0.191 e. The lowest BCUT2D eigenvalue weighted by Crippen LogP contribution is -2.44. The molecule has 2 unspecified atom stereocenters. The number of hydrogen-bond acceptors (Lipinski definition) is 5. The van der Waals surface area contributed by atoms with Crippen LogP contribution in [-0.4, -0.2) is 64.5 Å². The molecule has 4 rings (SSSR count). The maximum absolute atomic E-state index is 5.78. The molecule has 2 aliphatic heterocycles. The van der Waals surface area contributed by atoms with Crippen molar-refractivity contribution >= 4 is 29.9 Å². The standard InChI is InChI=1S/C23H35N7O.HI/c1-18-27-28-22(29(18)2)17-26-23(24-15-20-11-8-14-31-20)25-16-21(30-12-6-7-13-30)19-9-4-3-5-10-19;/h3-5,9-10,20-21H,6-8,11-17H2,1-2H3,(H2,24,25,26);1H. The Kier molecular flexibility index (Phi) is 9.73. The lowest BCUT2D eigenvalue weighted by molar-refractivity contribution is 0.113. The summed E-state index contributed by atoms with van der Waals surface area (Å²) in [4.78, 5) is 7.39. The van der Waals surface area contributed by atoms with Gasteiger partial charge in [0.1, 0.15) is 12.4 Å². The minimum absolute atomic E-state index is 0. The molecule has 8 nitrogen and oxygen atoms in total. The van der Waals surface area contributed by atoms with Gasteiger partial charge in [0.25, 0.3) is 0 Å². The molecule has 0 bridgehead atoms. The largest absolute Gasteiger partial charge is 0.376 e. The van der Waals surface area contributed by atoms with Crippen LogP contribution in [0.25, 0.3) is 0 Å². The van der Waals surface area contributed by atoms with Crippen molar-refractivity contribution in [3.05, 3.63) is 47.5 Å². The van der Waals surface area contributed by atoms with Gasteiger partial charge in [-0.05, 0) is 51.3 Å². The van der Waals surface area contributed by atoms with Crippen molar-refractivity contribution in [2.45, 2.75) is 51.3 Å². The summed E-state index contributed by atoms with van der Waals surface area (Å²) in [7, 11) is 1.98. The van der Waals surface area contributed by atoms with Gasteiger partial charge in [0.05, 0.1) is 12.1 Å². The van der Waals surface area contributed by atoms with Crippen LogP contribution in [-0.2, 0) is 18.3 Å². The molecule has 0 amide bonds. The van der Waals surface area contributed by atoms with Crippen molar-refractivity contribution in [2.24, 2.45) is 12.0 Å². The van der Waals surface area contributed by atoms with Gasteiger partial charge in [-0.2, -0.15) is 0 Å². The lowest BCUT2D eigenvalue weighted by atomic mass is 10.1. The van der Waals surface area contributed by atoms with Crippen LogP contribution in [0.5, 0.6) is 0 Å². The van der Waals surface area contributed by atoms with E-state index in [4.69, 9.17) is 9.73 Å². The summed E-state index contributed by atoms with van der Waals surface area (Å²) in [6, 6.07) is 11.1. The summed E-state index contributed by atoms with van der Waals surface area (Å²) in [5.41, 5.74) is 1.35. The highest BCUT2D eigenvalue weighted by Gasteiger charge is 2.24. The van der Waals surface area contributed by atoms with E-state index < -0.39 is 0 Å². The van der Waals surface area contributed by atoms with E-state index in [1.165, 1.54) is 18.4 Å². The smallest absolute Gasteiger partial charge is 0.191 e. The van der Waals surface area contributed by atoms with E-state index in [0.717, 1.165) is 63.2 Å². The van der Waals surface area contributed by atoms with Crippen LogP contribution in [0, 0.1) is 6.92 Å². The quantitative estimate of drug-likeness (QED) is 0.298. The van der Waals surface area contributed by atoms with Gasteiger partial charge >= 0.3 is 0 Å². The molecular formula is C23H36IN7O. The minimum atomic E-state index is 0. The molecule has 2 aromatic rings. The molecule has 2 saturated heterocycles. The van der Waals surface area contributed by atoms with E-state index in [0.29, 0.717) is 12.6 Å². The molecule has 0 saturated carbocycles. The van der Waals surface area contributed by atoms with Crippen molar-refractivity contribution in [2.75, 3.05) is 32.8 Å². The summed E-state index contributed by atoms with van der Waals surface area (Å²) < 4.78 is 7.77. The molecule has 176 valence electrons. The van der Waals surface area contributed by atoms with Gasteiger partial charge in [0.15, 0.2) is 11.8 Å². The van der Waals surface area contributed by atoms with E-state index in [9.17, 15) is 0 Å². The Balaban J connectivity index is 0.00000289. The molecule has 2 atom stereocenters. The highest BCUT2D eigenvalue weighted by Crippen LogP contribution is 2.24. The minimum Gasteiger partial charge on any atom is -0.376 e. The predicted octanol–water partition coefficient (Wildman–Crippen LogP) is 2.79. The first-order chi connectivity index (χ1) is 15.2. The van der Waals surface area contributed by atoms with Crippen LogP contribution >= 0.6 is 24.0 Å². The molecular weight excluding hydrogens is 517 g/mol. The number of aliphatic imine (C=N–C) groups is 1. The van der Waals surface area contributed by atoms with Crippen molar-refractivity contribution < 1.29 is 4.74 Å². The normalized spacial score (nSPS) is 20.2. The van der Waals surface area contributed by atoms with Gasteiger partial charge in [-0.3, -0.25) is 4.90 Å². The zero-order valence-corrected chi connectivity index (χ0v) is 21.5. The Morgan fingerprint density at radius 1 is 1.16 bits per heavy atom. The number of rotatable bonds is 8. The fourth-order valence-electron chi connectivity index (χ4n) is 4.31. The molecule has 2 aliphatic rings. The number of aromatic nitrogens is 3. The number of likely N-dealkylation sites (tertiary alicyclic amines) is 1. The van der Waals surface area contributed by atoms with E-state index >= 15 is 0 Å². The Hall–Kier alpha value is -1.72. The zero-order valence-electron chi connectivity index (χ0n) is 19.2. The van der Waals surface area contributed by atoms with Crippen LogP contribution in [0.1, 0.15) is 48.9 Å². The molecule has 3 heterocycles. The van der Waals surface area contributed by atoms with Crippen molar-refractivity contribution in [1.29, 1.82) is 0 Å². The number of nitrogens with zero attached hydrogens (tertiary/aromatic N) is 5. The number of nitrogens with one attached hydrogen (secondary N) is 2. The number of halogens is 1.